The summed E-state index contributed by atoms with van der Waals surface area (Å²) >= 11 is 0. The maximum atomic E-state index is 12.0. The minimum atomic E-state index is -0.291. The third-order valence-electron chi connectivity index (χ3n) is 5.60. The second-order valence-corrected chi connectivity index (χ2v) is 7.23. The van der Waals surface area contributed by atoms with Gasteiger partial charge in [0.2, 0.25) is 5.91 Å². The minimum Gasteiger partial charge on any atom is -0.369 e. The molecule has 21 heavy (non-hydrogen) atoms. The lowest BCUT2D eigenvalue weighted by Gasteiger charge is -2.59. The first kappa shape index (κ1) is 12.8. The van der Waals surface area contributed by atoms with Gasteiger partial charge in [-0.3, -0.25) is 9.78 Å². The number of primary amides is 1. The number of aromatic nitrogens is 2. The van der Waals surface area contributed by atoms with Crippen LogP contribution in [-0.2, 0) is 4.79 Å². The topological polar surface area (TPSA) is 68.9 Å². The zero-order valence-electron chi connectivity index (χ0n) is 12.0. The largest absolute Gasteiger partial charge is 0.369 e. The Hall–Kier alpha value is -1.89. The lowest BCUT2D eigenvalue weighted by Crippen LogP contribution is -2.56. The van der Waals surface area contributed by atoms with Crippen LogP contribution in [0.2, 0.25) is 0 Å². The van der Waals surface area contributed by atoms with E-state index in [2.05, 4.69) is 21.8 Å². The summed E-state index contributed by atoms with van der Waals surface area (Å²) in [6, 6.07) is 0. The van der Waals surface area contributed by atoms with Crippen molar-refractivity contribution in [2.75, 3.05) is 0 Å². The van der Waals surface area contributed by atoms with E-state index in [0.29, 0.717) is 17.5 Å². The Bertz CT molecular complexity index is 629. The summed E-state index contributed by atoms with van der Waals surface area (Å²) < 4.78 is 0. The molecule has 0 saturated heterocycles. The van der Waals surface area contributed by atoms with Gasteiger partial charge >= 0.3 is 0 Å². The number of rotatable bonds is 1. The van der Waals surface area contributed by atoms with E-state index in [9.17, 15) is 4.79 Å². The molecule has 0 spiro atoms. The van der Waals surface area contributed by atoms with Crippen LogP contribution in [0.5, 0.6) is 0 Å². The quantitative estimate of drug-likeness (QED) is 0.799. The summed E-state index contributed by atoms with van der Waals surface area (Å²) in [6.07, 6.45) is 11.3. The van der Waals surface area contributed by atoms with Gasteiger partial charge in [-0.15, -0.1) is 0 Å². The molecule has 0 aliphatic heterocycles. The van der Waals surface area contributed by atoms with Crippen molar-refractivity contribution in [3.8, 4) is 11.8 Å². The summed E-state index contributed by atoms with van der Waals surface area (Å²) in [7, 11) is 0. The number of nitrogens with two attached hydrogens (primary N) is 1. The van der Waals surface area contributed by atoms with Crippen LogP contribution >= 0.6 is 0 Å². The third kappa shape index (κ3) is 2.03. The molecule has 2 unspecified atom stereocenters. The predicted octanol–water partition coefficient (Wildman–Crippen LogP) is 1.90. The first-order chi connectivity index (χ1) is 10.1. The second-order valence-electron chi connectivity index (χ2n) is 7.23. The number of amides is 1. The standard InChI is InChI=1S/C17H19N3O/c18-15(21)17-8-12-5-13(9-17)7-16(6-12,11-17)2-1-14-10-19-3-4-20-14/h3-4,10,12-13H,5-9,11H2,(H2,18,21). The Kier molecular flexibility index (Phi) is 2.63. The third-order valence-corrected chi connectivity index (χ3v) is 5.60. The number of hydrogen-bond acceptors (Lipinski definition) is 3. The molecule has 4 aliphatic carbocycles. The van der Waals surface area contributed by atoms with Crippen molar-refractivity contribution in [1.29, 1.82) is 0 Å². The van der Waals surface area contributed by atoms with Crippen LogP contribution in [0, 0.1) is 34.5 Å². The molecule has 1 heterocycles. The summed E-state index contributed by atoms with van der Waals surface area (Å²) in [5.74, 6) is 7.78. The van der Waals surface area contributed by atoms with E-state index < -0.39 is 0 Å². The van der Waals surface area contributed by atoms with E-state index >= 15 is 0 Å². The Labute approximate surface area is 124 Å². The van der Waals surface area contributed by atoms with Gasteiger partial charge < -0.3 is 5.73 Å². The first-order valence-electron chi connectivity index (χ1n) is 7.68. The highest BCUT2D eigenvalue weighted by Gasteiger charge is 2.59. The Morgan fingerprint density at radius 3 is 2.62 bits per heavy atom. The average molecular weight is 281 g/mol. The summed E-state index contributed by atoms with van der Waals surface area (Å²) in [4.78, 5) is 20.3. The maximum Gasteiger partial charge on any atom is 0.223 e. The van der Waals surface area contributed by atoms with Crippen LogP contribution in [0.4, 0.5) is 0 Å². The predicted molar refractivity (Wildman–Crippen MR) is 77.7 cm³/mol. The second kappa shape index (κ2) is 4.30. The summed E-state index contributed by atoms with van der Waals surface area (Å²) in [6.45, 7) is 0. The van der Waals surface area contributed by atoms with Crippen molar-refractivity contribution in [2.45, 2.75) is 38.5 Å². The molecule has 5 rings (SSSR count). The number of nitrogens with zero attached hydrogens (tertiary/aromatic N) is 2. The number of carbonyl (C=O) groups is 1. The van der Waals surface area contributed by atoms with Crippen molar-refractivity contribution < 1.29 is 4.79 Å². The highest BCUT2D eigenvalue weighted by molar-refractivity contribution is 5.81. The molecule has 1 aromatic rings. The van der Waals surface area contributed by atoms with E-state index in [1.807, 2.05) is 0 Å². The molecular weight excluding hydrogens is 262 g/mol. The van der Waals surface area contributed by atoms with Crippen molar-refractivity contribution in [3.05, 3.63) is 24.3 Å². The van der Waals surface area contributed by atoms with Crippen LogP contribution in [0.25, 0.3) is 0 Å². The molecule has 4 nitrogen and oxygen atoms in total. The van der Waals surface area contributed by atoms with E-state index in [-0.39, 0.29) is 16.7 Å². The van der Waals surface area contributed by atoms with Crippen molar-refractivity contribution in [3.63, 3.8) is 0 Å². The monoisotopic (exact) mass is 281 g/mol. The Balaban J connectivity index is 1.69. The molecule has 4 fully saturated rings. The van der Waals surface area contributed by atoms with E-state index in [1.54, 1.807) is 18.6 Å². The molecule has 4 saturated carbocycles. The molecule has 0 radical (unpaired) electrons. The molecule has 1 aromatic heterocycles. The zero-order chi connectivity index (χ0) is 14.5. The van der Waals surface area contributed by atoms with Crippen molar-refractivity contribution in [2.24, 2.45) is 28.4 Å². The van der Waals surface area contributed by atoms with Crippen molar-refractivity contribution >= 4 is 5.91 Å². The summed E-state index contributed by atoms with van der Waals surface area (Å²) in [5, 5.41) is 0. The summed E-state index contributed by atoms with van der Waals surface area (Å²) in [5.41, 5.74) is 6.14. The molecule has 108 valence electrons. The molecule has 2 atom stereocenters. The molecule has 4 bridgehead atoms. The molecule has 4 heteroatoms. The molecule has 0 aromatic carbocycles. The number of carbonyl (C=O) groups excluding carboxylic acids is 1. The van der Waals surface area contributed by atoms with Gasteiger partial charge in [-0.25, -0.2) is 4.98 Å². The van der Waals surface area contributed by atoms with Crippen LogP contribution < -0.4 is 5.73 Å². The SMILES string of the molecule is NC(=O)C12CC3CC(CC(C#Cc4cnccn4)(C3)C1)C2. The minimum absolute atomic E-state index is 0.0311. The fourth-order valence-electron chi connectivity index (χ4n) is 5.26. The average Bonchev–Trinajstić information content (AvgIpc) is 2.45. The highest BCUT2D eigenvalue weighted by Crippen LogP contribution is 2.64. The van der Waals surface area contributed by atoms with Gasteiger partial charge in [0, 0.05) is 17.8 Å². The smallest absolute Gasteiger partial charge is 0.223 e. The van der Waals surface area contributed by atoms with E-state index in [4.69, 9.17) is 5.73 Å². The van der Waals surface area contributed by atoms with Gasteiger partial charge in [-0.05, 0) is 56.3 Å². The Morgan fingerprint density at radius 1 is 1.24 bits per heavy atom. The van der Waals surface area contributed by atoms with E-state index in [0.717, 1.165) is 32.1 Å². The maximum absolute atomic E-state index is 12.0. The normalized spacial score (nSPS) is 39.6. The lowest BCUT2D eigenvalue weighted by molar-refractivity contribution is -0.147. The molecule has 4 aliphatic rings. The van der Waals surface area contributed by atoms with Gasteiger partial charge in [-0.1, -0.05) is 5.92 Å². The fraction of sp³-hybridized carbons (Fsp3) is 0.588. The zero-order valence-corrected chi connectivity index (χ0v) is 12.0. The van der Waals surface area contributed by atoms with Gasteiger partial charge in [-0.2, -0.15) is 0 Å². The highest BCUT2D eigenvalue weighted by atomic mass is 16.1. The van der Waals surface area contributed by atoms with Gasteiger partial charge in [0.15, 0.2) is 0 Å². The fourth-order valence-corrected chi connectivity index (χ4v) is 5.26. The lowest BCUT2D eigenvalue weighted by atomic mass is 9.44. The van der Waals surface area contributed by atoms with Crippen LogP contribution in [0.15, 0.2) is 18.6 Å². The van der Waals surface area contributed by atoms with Crippen LogP contribution in [0.3, 0.4) is 0 Å². The Morgan fingerprint density at radius 2 is 2.00 bits per heavy atom. The van der Waals surface area contributed by atoms with Gasteiger partial charge in [0.1, 0.15) is 5.69 Å². The van der Waals surface area contributed by atoms with Crippen LogP contribution in [0.1, 0.15) is 44.2 Å². The molecule has 1 amide bonds. The molecule has 2 N–H and O–H groups in total. The van der Waals surface area contributed by atoms with Gasteiger partial charge in [0.05, 0.1) is 11.6 Å². The first-order valence-corrected chi connectivity index (χ1v) is 7.68. The van der Waals surface area contributed by atoms with E-state index in [1.165, 1.54) is 6.42 Å². The van der Waals surface area contributed by atoms with Crippen LogP contribution in [-0.4, -0.2) is 15.9 Å². The van der Waals surface area contributed by atoms with Crippen molar-refractivity contribution in [1.82, 2.24) is 9.97 Å². The van der Waals surface area contributed by atoms with Gasteiger partial charge in [0.25, 0.3) is 0 Å². The number of hydrogen-bond donors (Lipinski definition) is 1. The molecular formula is C17H19N3O.